The summed E-state index contributed by atoms with van der Waals surface area (Å²) in [7, 11) is 0. The smallest absolute Gasteiger partial charge is 0.142 e. The summed E-state index contributed by atoms with van der Waals surface area (Å²) in [6.45, 7) is 0.493. The van der Waals surface area contributed by atoms with Gasteiger partial charge >= 0.3 is 0 Å². The first-order valence-electron chi connectivity index (χ1n) is 6.09. The van der Waals surface area contributed by atoms with Gasteiger partial charge in [-0.3, -0.25) is 0 Å². The topological polar surface area (TPSA) is 35.2 Å². The molecule has 2 nitrogen and oxygen atoms in total. The Morgan fingerprint density at radius 1 is 1.21 bits per heavy atom. The zero-order valence-corrected chi connectivity index (χ0v) is 11.7. The largest absolute Gasteiger partial charge is 0.493 e. The molecule has 2 aromatic carbocycles. The summed E-state index contributed by atoms with van der Waals surface area (Å²) in [5.74, 6) is 0.540. The van der Waals surface area contributed by atoms with Gasteiger partial charge in [-0.25, -0.2) is 4.39 Å². The molecule has 0 bridgehead atoms. The molecule has 1 heterocycles. The summed E-state index contributed by atoms with van der Waals surface area (Å²) < 4.78 is 20.2. The van der Waals surface area contributed by atoms with Crippen molar-refractivity contribution in [3.8, 4) is 5.75 Å². The lowest BCUT2D eigenvalue weighted by atomic mass is 9.89. The Morgan fingerprint density at radius 3 is 2.84 bits per heavy atom. The standard InChI is InChI=1S/C15H13BrFNO/c16-12-6-3-5-10(14(12)17)15(18)11-8-19-13-7-2-1-4-9(11)13/h1-7,11,15H,8,18H2. The Bertz CT molecular complexity index is 617. The minimum atomic E-state index is -0.416. The number of rotatable bonds is 2. The van der Waals surface area contributed by atoms with E-state index in [-0.39, 0.29) is 11.7 Å². The van der Waals surface area contributed by atoms with Gasteiger partial charge in [0.25, 0.3) is 0 Å². The van der Waals surface area contributed by atoms with Crippen molar-refractivity contribution in [2.75, 3.05) is 6.61 Å². The van der Waals surface area contributed by atoms with E-state index in [1.165, 1.54) is 0 Å². The maximum atomic E-state index is 14.1. The zero-order chi connectivity index (χ0) is 13.4. The van der Waals surface area contributed by atoms with Gasteiger partial charge in [0.15, 0.2) is 0 Å². The van der Waals surface area contributed by atoms with Crippen LogP contribution in [0.25, 0.3) is 0 Å². The highest BCUT2D eigenvalue weighted by atomic mass is 79.9. The van der Waals surface area contributed by atoms with E-state index in [0.717, 1.165) is 11.3 Å². The van der Waals surface area contributed by atoms with Gasteiger partial charge in [0.1, 0.15) is 11.6 Å². The van der Waals surface area contributed by atoms with Gasteiger partial charge in [-0.15, -0.1) is 0 Å². The van der Waals surface area contributed by atoms with Gasteiger partial charge < -0.3 is 10.5 Å². The van der Waals surface area contributed by atoms with E-state index in [1.54, 1.807) is 18.2 Å². The third-order valence-electron chi connectivity index (χ3n) is 3.51. The number of para-hydroxylation sites is 1. The average Bonchev–Trinajstić information content (AvgIpc) is 2.85. The van der Waals surface area contributed by atoms with E-state index in [0.29, 0.717) is 16.6 Å². The van der Waals surface area contributed by atoms with E-state index < -0.39 is 6.04 Å². The number of ether oxygens (including phenoxy) is 1. The SMILES string of the molecule is NC(c1cccc(Br)c1F)C1COc2ccccc21. The Hall–Kier alpha value is -1.39. The van der Waals surface area contributed by atoms with Crippen molar-refractivity contribution < 1.29 is 9.13 Å². The van der Waals surface area contributed by atoms with Crippen LogP contribution in [0.5, 0.6) is 5.75 Å². The van der Waals surface area contributed by atoms with Gasteiger partial charge in [-0.1, -0.05) is 30.3 Å². The molecule has 98 valence electrons. The van der Waals surface area contributed by atoms with Crippen LogP contribution in [0.2, 0.25) is 0 Å². The minimum Gasteiger partial charge on any atom is -0.493 e. The molecule has 0 spiro atoms. The molecule has 0 aromatic heterocycles. The van der Waals surface area contributed by atoms with Crippen molar-refractivity contribution in [2.45, 2.75) is 12.0 Å². The molecule has 4 heteroatoms. The lowest BCUT2D eigenvalue weighted by Crippen LogP contribution is -2.22. The van der Waals surface area contributed by atoms with Gasteiger partial charge in [0.2, 0.25) is 0 Å². The molecule has 0 fully saturated rings. The van der Waals surface area contributed by atoms with Gasteiger partial charge in [0, 0.05) is 23.1 Å². The second kappa shape index (κ2) is 4.94. The fourth-order valence-corrected chi connectivity index (χ4v) is 2.86. The Morgan fingerprint density at radius 2 is 2.00 bits per heavy atom. The van der Waals surface area contributed by atoms with Gasteiger partial charge in [-0.05, 0) is 28.1 Å². The van der Waals surface area contributed by atoms with Crippen LogP contribution in [0.15, 0.2) is 46.9 Å². The summed E-state index contributed by atoms with van der Waals surface area (Å²) in [6, 6.07) is 12.6. The molecule has 0 saturated carbocycles. The van der Waals surface area contributed by atoms with Crippen LogP contribution in [-0.2, 0) is 0 Å². The van der Waals surface area contributed by atoms with E-state index in [1.807, 2.05) is 24.3 Å². The molecule has 2 unspecified atom stereocenters. The number of hydrogen-bond donors (Lipinski definition) is 1. The monoisotopic (exact) mass is 321 g/mol. The Balaban J connectivity index is 1.98. The van der Waals surface area contributed by atoms with Crippen LogP contribution in [0.4, 0.5) is 4.39 Å². The molecule has 3 rings (SSSR count). The molecule has 0 amide bonds. The van der Waals surface area contributed by atoms with Crippen LogP contribution >= 0.6 is 15.9 Å². The summed E-state index contributed by atoms with van der Waals surface area (Å²) in [5.41, 5.74) is 7.81. The normalized spacial score (nSPS) is 18.8. The molecular weight excluding hydrogens is 309 g/mol. The predicted octanol–water partition coefficient (Wildman–Crippen LogP) is 3.76. The maximum absolute atomic E-state index is 14.1. The van der Waals surface area contributed by atoms with Crippen molar-refractivity contribution >= 4 is 15.9 Å². The molecule has 1 aliphatic heterocycles. The Kier molecular flexibility index (Phi) is 3.29. The fourth-order valence-electron chi connectivity index (χ4n) is 2.48. The molecular formula is C15H13BrFNO. The average molecular weight is 322 g/mol. The predicted molar refractivity (Wildman–Crippen MR) is 75.7 cm³/mol. The molecule has 1 aliphatic rings. The Labute approximate surface area is 119 Å². The number of nitrogens with two attached hydrogens (primary N) is 1. The first kappa shape index (κ1) is 12.6. The number of halogens is 2. The first-order valence-corrected chi connectivity index (χ1v) is 6.89. The summed E-state index contributed by atoms with van der Waals surface area (Å²) in [4.78, 5) is 0. The van der Waals surface area contributed by atoms with Crippen LogP contribution in [-0.4, -0.2) is 6.61 Å². The molecule has 2 atom stereocenters. The first-order chi connectivity index (χ1) is 9.18. The number of hydrogen-bond acceptors (Lipinski definition) is 2. The molecule has 0 radical (unpaired) electrons. The summed E-state index contributed by atoms with van der Waals surface area (Å²) in [5, 5.41) is 0. The molecule has 0 saturated heterocycles. The van der Waals surface area contributed by atoms with E-state index in [4.69, 9.17) is 10.5 Å². The van der Waals surface area contributed by atoms with Crippen LogP contribution in [0.1, 0.15) is 23.1 Å². The highest BCUT2D eigenvalue weighted by Gasteiger charge is 2.31. The van der Waals surface area contributed by atoms with E-state index in [9.17, 15) is 4.39 Å². The molecule has 2 N–H and O–H groups in total. The molecule has 19 heavy (non-hydrogen) atoms. The molecule has 0 aliphatic carbocycles. The van der Waals surface area contributed by atoms with Crippen molar-refractivity contribution in [3.63, 3.8) is 0 Å². The van der Waals surface area contributed by atoms with Crippen LogP contribution in [0, 0.1) is 5.82 Å². The minimum absolute atomic E-state index is 0.0139. The lowest BCUT2D eigenvalue weighted by molar-refractivity contribution is 0.313. The van der Waals surface area contributed by atoms with Crippen molar-refractivity contribution in [2.24, 2.45) is 5.73 Å². The van der Waals surface area contributed by atoms with Gasteiger partial charge in [0.05, 0.1) is 11.1 Å². The maximum Gasteiger partial charge on any atom is 0.142 e. The summed E-state index contributed by atoms with van der Waals surface area (Å²) in [6.07, 6.45) is 0. The van der Waals surface area contributed by atoms with E-state index >= 15 is 0 Å². The van der Waals surface area contributed by atoms with Crippen molar-refractivity contribution in [1.29, 1.82) is 0 Å². The number of benzene rings is 2. The highest BCUT2D eigenvalue weighted by Crippen LogP contribution is 2.41. The quantitative estimate of drug-likeness (QED) is 0.914. The molecule has 2 aromatic rings. The van der Waals surface area contributed by atoms with Crippen LogP contribution in [0.3, 0.4) is 0 Å². The van der Waals surface area contributed by atoms with Crippen molar-refractivity contribution in [1.82, 2.24) is 0 Å². The second-order valence-corrected chi connectivity index (χ2v) is 5.48. The third kappa shape index (κ3) is 2.15. The van der Waals surface area contributed by atoms with Crippen LogP contribution < -0.4 is 10.5 Å². The third-order valence-corrected chi connectivity index (χ3v) is 4.12. The van der Waals surface area contributed by atoms with Gasteiger partial charge in [-0.2, -0.15) is 0 Å². The zero-order valence-electron chi connectivity index (χ0n) is 10.1. The van der Waals surface area contributed by atoms with Crippen molar-refractivity contribution in [3.05, 3.63) is 63.9 Å². The summed E-state index contributed by atoms with van der Waals surface area (Å²) >= 11 is 3.19. The second-order valence-electron chi connectivity index (χ2n) is 4.62. The highest BCUT2D eigenvalue weighted by molar-refractivity contribution is 9.10. The fraction of sp³-hybridized carbons (Fsp3) is 0.200. The lowest BCUT2D eigenvalue weighted by Gasteiger charge is -2.19. The van der Waals surface area contributed by atoms with E-state index in [2.05, 4.69) is 15.9 Å². The number of fused-ring (bicyclic) bond motifs is 1.